The largest absolute Gasteiger partial charge is 0.367 e. The van der Waals surface area contributed by atoms with Crippen LogP contribution in [0.3, 0.4) is 0 Å². The number of aromatic amines is 1. The average Bonchev–Trinajstić information content (AvgIpc) is 2.83. The normalized spacial score (nSPS) is 11.7. The molecule has 2 rings (SSSR count). The highest BCUT2D eigenvalue weighted by Gasteiger charge is 2.14. The van der Waals surface area contributed by atoms with Crippen molar-refractivity contribution in [2.24, 2.45) is 0 Å². The summed E-state index contributed by atoms with van der Waals surface area (Å²) in [6.45, 7) is 4.15. The molecule has 4 nitrogen and oxygen atoms in total. The Morgan fingerprint density at radius 1 is 1.17 bits per heavy atom. The predicted octanol–water partition coefficient (Wildman–Crippen LogP) is 2.11. The van der Waals surface area contributed by atoms with Gasteiger partial charge in [-0.25, -0.2) is 13.1 Å². The van der Waals surface area contributed by atoms with Crippen LogP contribution in [0, 0.1) is 13.8 Å². The molecule has 1 aromatic heterocycles. The average molecular weight is 264 g/mol. The van der Waals surface area contributed by atoms with E-state index in [-0.39, 0.29) is 0 Å². The number of hydrogen-bond donors (Lipinski definition) is 2. The van der Waals surface area contributed by atoms with Gasteiger partial charge in [0.15, 0.2) is 0 Å². The van der Waals surface area contributed by atoms with Crippen LogP contribution in [0.5, 0.6) is 0 Å². The Labute approximate surface area is 107 Å². The highest BCUT2D eigenvalue weighted by atomic mass is 32.2. The highest BCUT2D eigenvalue weighted by molar-refractivity contribution is 7.89. The van der Waals surface area contributed by atoms with Crippen molar-refractivity contribution in [3.63, 3.8) is 0 Å². The van der Waals surface area contributed by atoms with E-state index in [1.807, 2.05) is 26.0 Å². The maximum absolute atomic E-state index is 12.1. The third-order valence-corrected chi connectivity index (χ3v) is 4.32. The van der Waals surface area contributed by atoms with Crippen LogP contribution in [0.25, 0.3) is 0 Å². The first-order valence-electron chi connectivity index (χ1n) is 5.67. The number of aromatic nitrogens is 1. The zero-order chi connectivity index (χ0) is 13.2. The van der Waals surface area contributed by atoms with Gasteiger partial charge >= 0.3 is 0 Å². The first kappa shape index (κ1) is 12.9. The standard InChI is InChI=1S/C13H16N2O2S/c1-10-3-4-13(7-11(10)2)18(16,17)15-9-12-5-6-14-8-12/h3-8,14-15H,9H2,1-2H3. The van der Waals surface area contributed by atoms with Gasteiger partial charge in [0.05, 0.1) is 4.90 Å². The van der Waals surface area contributed by atoms with Crippen molar-refractivity contribution in [2.75, 3.05) is 0 Å². The predicted molar refractivity (Wildman–Crippen MR) is 70.7 cm³/mol. The monoisotopic (exact) mass is 264 g/mol. The lowest BCUT2D eigenvalue weighted by molar-refractivity contribution is 0.581. The molecule has 0 atom stereocenters. The molecule has 18 heavy (non-hydrogen) atoms. The van der Waals surface area contributed by atoms with E-state index in [4.69, 9.17) is 0 Å². The van der Waals surface area contributed by atoms with Crippen molar-refractivity contribution in [2.45, 2.75) is 25.3 Å². The molecule has 2 aromatic rings. The van der Waals surface area contributed by atoms with E-state index >= 15 is 0 Å². The van der Waals surface area contributed by atoms with Crippen molar-refractivity contribution < 1.29 is 8.42 Å². The lowest BCUT2D eigenvalue weighted by Crippen LogP contribution is -2.23. The molecule has 96 valence electrons. The molecule has 0 radical (unpaired) electrons. The van der Waals surface area contributed by atoms with Gasteiger partial charge in [0.1, 0.15) is 0 Å². The van der Waals surface area contributed by atoms with Gasteiger partial charge in [-0.1, -0.05) is 6.07 Å². The number of aryl methyl sites for hydroxylation is 2. The maximum Gasteiger partial charge on any atom is 0.240 e. The lowest BCUT2D eigenvalue weighted by Gasteiger charge is -2.08. The first-order valence-corrected chi connectivity index (χ1v) is 7.16. The van der Waals surface area contributed by atoms with Gasteiger partial charge in [-0.15, -0.1) is 0 Å². The van der Waals surface area contributed by atoms with Crippen LogP contribution in [-0.4, -0.2) is 13.4 Å². The smallest absolute Gasteiger partial charge is 0.240 e. The maximum atomic E-state index is 12.1. The van der Waals surface area contributed by atoms with Crippen molar-refractivity contribution in [1.82, 2.24) is 9.71 Å². The lowest BCUT2D eigenvalue weighted by atomic mass is 10.1. The fourth-order valence-electron chi connectivity index (χ4n) is 1.61. The summed E-state index contributed by atoms with van der Waals surface area (Å²) in [7, 11) is -3.44. The molecule has 0 aliphatic heterocycles. The molecule has 0 saturated heterocycles. The van der Waals surface area contributed by atoms with E-state index in [0.29, 0.717) is 11.4 Å². The summed E-state index contributed by atoms with van der Waals surface area (Å²) in [5.41, 5.74) is 2.96. The third-order valence-electron chi connectivity index (χ3n) is 2.92. The number of rotatable bonds is 4. The summed E-state index contributed by atoms with van der Waals surface area (Å²) in [5, 5.41) is 0. The molecule has 5 heteroatoms. The zero-order valence-corrected chi connectivity index (χ0v) is 11.2. The highest BCUT2D eigenvalue weighted by Crippen LogP contribution is 2.14. The fraction of sp³-hybridized carbons (Fsp3) is 0.231. The summed E-state index contributed by atoms with van der Waals surface area (Å²) in [6.07, 6.45) is 3.53. The molecule has 0 saturated carbocycles. The number of benzene rings is 1. The van der Waals surface area contributed by atoms with Gasteiger partial charge in [0.25, 0.3) is 0 Å². The van der Waals surface area contributed by atoms with Crippen molar-refractivity contribution in [3.05, 3.63) is 53.3 Å². The molecule has 0 amide bonds. The molecule has 0 fully saturated rings. The van der Waals surface area contributed by atoms with E-state index in [2.05, 4.69) is 9.71 Å². The van der Waals surface area contributed by atoms with Crippen LogP contribution >= 0.6 is 0 Å². The summed E-state index contributed by atoms with van der Waals surface area (Å²) in [5.74, 6) is 0. The van der Waals surface area contributed by atoms with Crippen LogP contribution < -0.4 is 4.72 Å². The Morgan fingerprint density at radius 2 is 1.94 bits per heavy atom. The molecular weight excluding hydrogens is 248 g/mol. The van der Waals surface area contributed by atoms with Crippen LogP contribution in [0.4, 0.5) is 0 Å². The Morgan fingerprint density at radius 3 is 2.56 bits per heavy atom. The van der Waals surface area contributed by atoms with Gasteiger partial charge in [-0.05, 0) is 48.7 Å². The van der Waals surface area contributed by atoms with Crippen molar-refractivity contribution in [3.8, 4) is 0 Å². The molecule has 0 spiro atoms. The SMILES string of the molecule is Cc1ccc(S(=O)(=O)NCc2cc[nH]c2)cc1C. The number of H-pyrrole nitrogens is 1. The zero-order valence-electron chi connectivity index (χ0n) is 10.4. The second kappa shape index (κ2) is 4.96. The number of nitrogens with one attached hydrogen (secondary N) is 2. The van der Waals surface area contributed by atoms with E-state index in [1.165, 1.54) is 0 Å². The van der Waals surface area contributed by atoms with E-state index in [0.717, 1.165) is 16.7 Å². The molecule has 0 aliphatic rings. The molecule has 0 bridgehead atoms. The van der Waals surface area contributed by atoms with Gasteiger partial charge in [0, 0.05) is 18.9 Å². The molecule has 1 heterocycles. The van der Waals surface area contributed by atoms with Crippen LogP contribution in [0.2, 0.25) is 0 Å². The Kier molecular flexibility index (Phi) is 3.54. The summed E-state index contributed by atoms with van der Waals surface area (Å²) in [4.78, 5) is 3.19. The second-order valence-electron chi connectivity index (χ2n) is 4.29. The van der Waals surface area contributed by atoms with Crippen molar-refractivity contribution >= 4 is 10.0 Å². The topological polar surface area (TPSA) is 62.0 Å². The molecular formula is C13H16N2O2S. The number of sulfonamides is 1. The third kappa shape index (κ3) is 2.80. The summed E-state index contributed by atoms with van der Waals surface area (Å²) in [6, 6.07) is 6.97. The van der Waals surface area contributed by atoms with Crippen molar-refractivity contribution in [1.29, 1.82) is 0 Å². The molecule has 1 aromatic carbocycles. The van der Waals surface area contributed by atoms with Gasteiger partial charge in [-0.2, -0.15) is 0 Å². The minimum absolute atomic E-state index is 0.290. The van der Waals surface area contributed by atoms with Gasteiger partial charge in [0.2, 0.25) is 10.0 Å². The molecule has 2 N–H and O–H groups in total. The van der Waals surface area contributed by atoms with Crippen LogP contribution in [0.15, 0.2) is 41.6 Å². The van der Waals surface area contributed by atoms with E-state index in [9.17, 15) is 8.42 Å². The minimum atomic E-state index is -3.44. The molecule has 0 unspecified atom stereocenters. The Bertz CT molecular complexity index is 631. The number of hydrogen-bond acceptors (Lipinski definition) is 2. The summed E-state index contributed by atoms with van der Waals surface area (Å²) >= 11 is 0. The van der Waals surface area contributed by atoms with Gasteiger partial charge in [-0.3, -0.25) is 0 Å². The Hall–Kier alpha value is -1.59. The quantitative estimate of drug-likeness (QED) is 0.888. The second-order valence-corrected chi connectivity index (χ2v) is 6.06. The van der Waals surface area contributed by atoms with E-state index in [1.54, 1.807) is 24.5 Å². The van der Waals surface area contributed by atoms with Crippen LogP contribution in [-0.2, 0) is 16.6 Å². The first-order chi connectivity index (χ1) is 8.49. The molecule has 0 aliphatic carbocycles. The van der Waals surface area contributed by atoms with Crippen LogP contribution in [0.1, 0.15) is 16.7 Å². The van der Waals surface area contributed by atoms with E-state index < -0.39 is 10.0 Å². The van der Waals surface area contributed by atoms with Gasteiger partial charge < -0.3 is 4.98 Å². The minimum Gasteiger partial charge on any atom is -0.367 e. The summed E-state index contributed by atoms with van der Waals surface area (Å²) < 4.78 is 26.7. The fourth-order valence-corrected chi connectivity index (χ4v) is 2.71. The Balaban J connectivity index is 2.17.